The van der Waals surface area contributed by atoms with Gasteiger partial charge in [-0.15, -0.1) is 11.3 Å². The predicted octanol–water partition coefficient (Wildman–Crippen LogP) is 2.40. The second kappa shape index (κ2) is 7.52. The van der Waals surface area contributed by atoms with Crippen molar-refractivity contribution in [2.75, 3.05) is 26.1 Å². The van der Waals surface area contributed by atoms with Crippen molar-refractivity contribution < 1.29 is 19.1 Å². The standard InChI is InChI=1S/C17H19N3O4S/c1-23-12-5-6-13(14(9-12)24-2)16(22)20(11-3-4-11)10-15(21)19-17-18-7-8-25-17/h5-9,11H,3-4,10H2,1-2H3,(H,18,19,21). The third-order valence-corrected chi connectivity index (χ3v) is 4.57. The van der Waals surface area contributed by atoms with E-state index in [4.69, 9.17) is 9.47 Å². The summed E-state index contributed by atoms with van der Waals surface area (Å²) < 4.78 is 10.5. The molecule has 2 aromatic rings. The summed E-state index contributed by atoms with van der Waals surface area (Å²) in [5, 5.41) is 5.01. The molecule has 0 bridgehead atoms. The fourth-order valence-corrected chi connectivity index (χ4v) is 3.03. The van der Waals surface area contributed by atoms with Gasteiger partial charge < -0.3 is 19.7 Å². The Hall–Kier alpha value is -2.61. The van der Waals surface area contributed by atoms with Crippen molar-refractivity contribution in [1.29, 1.82) is 0 Å². The van der Waals surface area contributed by atoms with Crippen LogP contribution in [0.25, 0.3) is 0 Å². The number of ether oxygens (including phenoxy) is 2. The molecule has 0 atom stereocenters. The van der Waals surface area contributed by atoms with Crippen molar-refractivity contribution in [2.24, 2.45) is 0 Å². The number of benzene rings is 1. The number of methoxy groups -OCH3 is 2. The van der Waals surface area contributed by atoms with Crippen LogP contribution in [0.4, 0.5) is 5.13 Å². The average Bonchev–Trinajstić information content (AvgIpc) is 3.35. The lowest BCUT2D eigenvalue weighted by atomic mass is 10.1. The van der Waals surface area contributed by atoms with Crippen molar-refractivity contribution in [3.05, 3.63) is 35.3 Å². The van der Waals surface area contributed by atoms with E-state index in [0.717, 1.165) is 12.8 Å². The van der Waals surface area contributed by atoms with Crippen LogP contribution >= 0.6 is 11.3 Å². The minimum Gasteiger partial charge on any atom is -0.497 e. The first-order valence-electron chi connectivity index (χ1n) is 7.84. The van der Waals surface area contributed by atoms with Crippen LogP contribution in [0.2, 0.25) is 0 Å². The highest BCUT2D eigenvalue weighted by atomic mass is 32.1. The minimum atomic E-state index is -0.261. The van der Waals surface area contributed by atoms with Crippen molar-refractivity contribution in [3.63, 3.8) is 0 Å². The minimum absolute atomic E-state index is 0.0156. The Kier molecular flexibility index (Phi) is 5.18. The maximum absolute atomic E-state index is 13.0. The quantitative estimate of drug-likeness (QED) is 0.819. The molecule has 1 aromatic carbocycles. The third-order valence-electron chi connectivity index (χ3n) is 3.88. The topological polar surface area (TPSA) is 80.8 Å². The third kappa shape index (κ3) is 4.08. The Balaban J connectivity index is 1.76. The molecular formula is C17H19N3O4S. The van der Waals surface area contributed by atoms with Gasteiger partial charge in [0.25, 0.3) is 5.91 Å². The number of carbonyl (C=O) groups excluding carboxylic acids is 2. The van der Waals surface area contributed by atoms with Crippen molar-refractivity contribution in [1.82, 2.24) is 9.88 Å². The van der Waals surface area contributed by atoms with Gasteiger partial charge in [-0.2, -0.15) is 0 Å². The molecule has 0 unspecified atom stereocenters. The molecule has 132 valence electrons. The molecule has 1 saturated carbocycles. The Morgan fingerprint density at radius 2 is 2.12 bits per heavy atom. The molecule has 1 aromatic heterocycles. The number of rotatable bonds is 7. The van der Waals surface area contributed by atoms with Gasteiger partial charge in [0.05, 0.1) is 19.8 Å². The number of nitrogens with zero attached hydrogens (tertiary/aromatic N) is 2. The van der Waals surface area contributed by atoms with Crippen LogP contribution in [0.3, 0.4) is 0 Å². The summed E-state index contributed by atoms with van der Waals surface area (Å²) in [6.07, 6.45) is 3.41. The lowest BCUT2D eigenvalue weighted by Crippen LogP contribution is -2.39. The zero-order valence-corrected chi connectivity index (χ0v) is 14.8. The summed E-state index contributed by atoms with van der Waals surface area (Å²) in [4.78, 5) is 30.8. The van der Waals surface area contributed by atoms with E-state index in [9.17, 15) is 9.59 Å². The number of carbonyl (C=O) groups is 2. The molecular weight excluding hydrogens is 342 g/mol. The second-order valence-electron chi connectivity index (χ2n) is 5.62. The first-order valence-corrected chi connectivity index (χ1v) is 8.72. The van der Waals surface area contributed by atoms with E-state index in [1.807, 2.05) is 0 Å². The van der Waals surface area contributed by atoms with Crippen LogP contribution in [-0.4, -0.2) is 48.5 Å². The van der Waals surface area contributed by atoms with Crippen molar-refractivity contribution >= 4 is 28.3 Å². The van der Waals surface area contributed by atoms with E-state index >= 15 is 0 Å². The summed E-state index contributed by atoms with van der Waals surface area (Å²) in [6, 6.07) is 5.11. The fourth-order valence-electron chi connectivity index (χ4n) is 2.48. The molecule has 2 amide bonds. The summed E-state index contributed by atoms with van der Waals surface area (Å²) >= 11 is 1.34. The predicted molar refractivity (Wildman–Crippen MR) is 94.3 cm³/mol. The molecule has 0 radical (unpaired) electrons. The zero-order valence-electron chi connectivity index (χ0n) is 14.0. The molecule has 8 heteroatoms. The highest BCUT2D eigenvalue weighted by molar-refractivity contribution is 7.13. The molecule has 1 N–H and O–H groups in total. The fraction of sp³-hybridized carbons (Fsp3) is 0.353. The molecule has 25 heavy (non-hydrogen) atoms. The van der Waals surface area contributed by atoms with Gasteiger partial charge in [0.1, 0.15) is 18.0 Å². The van der Waals surface area contributed by atoms with E-state index in [2.05, 4.69) is 10.3 Å². The van der Waals surface area contributed by atoms with E-state index in [1.54, 1.807) is 41.8 Å². The van der Waals surface area contributed by atoms with Gasteiger partial charge in [-0.05, 0) is 25.0 Å². The lowest BCUT2D eigenvalue weighted by Gasteiger charge is -2.22. The molecule has 0 aliphatic heterocycles. The Bertz CT molecular complexity index is 759. The molecule has 7 nitrogen and oxygen atoms in total. The molecule has 1 aliphatic carbocycles. The number of hydrogen-bond donors (Lipinski definition) is 1. The second-order valence-corrected chi connectivity index (χ2v) is 6.51. The summed E-state index contributed by atoms with van der Waals surface area (Å²) in [6.45, 7) is -0.0156. The van der Waals surface area contributed by atoms with Crippen LogP contribution in [0.15, 0.2) is 29.8 Å². The molecule has 0 spiro atoms. The summed E-state index contributed by atoms with van der Waals surface area (Å²) in [5.74, 6) is 0.544. The number of thiazole rings is 1. The smallest absolute Gasteiger partial charge is 0.258 e. The maximum atomic E-state index is 13.0. The highest BCUT2D eigenvalue weighted by Gasteiger charge is 2.35. The van der Waals surface area contributed by atoms with Gasteiger partial charge in [-0.1, -0.05) is 0 Å². The number of anilines is 1. The SMILES string of the molecule is COc1ccc(C(=O)N(CC(=O)Nc2nccs2)C2CC2)c(OC)c1. The monoisotopic (exact) mass is 361 g/mol. The number of aromatic nitrogens is 1. The zero-order chi connectivity index (χ0) is 17.8. The average molecular weight is 361 g/mol. The molecule has 1 aliphatic rings. The van der Waals surface area contributed by atoms with Crippen LogP contribution < -0.4 is 14.8 Å². The van der Waals surface area contributed by atoms with Gasteiger partial charge in [0, 0.05) is 23.7 Å². The normalized spacial score (nSPS) is 13.2. The summed E-state index contributed by atoms with van der Waals surface area (Å²) in [7, 11) is 3.05. The van der Waals surface area contributed by atoms with E-state index in [0.29, 0.717) is 22.2 Å². The van der Waals surface area contributed by atoms with E-state index in [-0.39, 0.29) is 24.4 Å². The molecule has 1 heterocycles. The van der Waals surface area contributed by atoms with Gasteiger partial charge in [0.15, 0.2) is 5.13 Å². The van der Waals surface area contributed by atoms with E-state index < -0.39 is 0 Å². The number of nitrogens with one attached hydrogen (secondary N) is 1. The molecule has 3 rings (SSSR count). The number of hydrogen-bond acceptors (Lipinski definition) is 6. The van der Waals surface area contributed by atoms with Crippen molar-refractivity contribution in [2.45, 2.75) is 18.9 Å². The van der Waals surface area contributed by atoms with Gasteiger partial charge in [-0.25, -0.2) is 4.98 Å². The first-order chi connectivity index (χ1) is 12.1. The van der Waals surface area contributed by atoms with E-state index in [1.165, 1.54) is 18.4 Å². The Labute approximate surface area is 149 Å². The van der Waals surface area contributed by atoms with Crippen LogP contribution in [-0.2, 0) is 4.79 Å². The lowest BCUT2D eigenvalue weighted by molar-refractivity contribution is -0.117. The highest BCUT2D eigenvalue weighted by Crippen LogP contribution is 2.31. The first kappa shape index (κ1) is 17.2. The van der Waals surface area contributed by atoms with Crippen LogP contribution in [0, 0.1) is 0 Å². The van der Waals surface area contributed by atoms with Crippen LogP contribution in [0.5, 0.6) is 11.5 Å². The van der Waals surface area contributed by atoms with Gasteiger partial charge >= 0.3 is 0 Å². The van der Waals surface area contributed by atoms with Crippen LogP contribution in [0.1, 0.15) is 23.2 Å². The Morgan fingerprint density at radius 1 is 1.32 bits per heavy atom. The summed E-state index contributed by atoms with van der Waals surface area (Å²) in [5.41, 5.74) is 0.414. The molecule has 0 saturated heterocycles. The largest absolute Gasteiger partial charge is 0.497 e. The Morgan fingerprint density at radius 3 is 2.72 bits per heavy atom. The van der Waals surface area contributed by atoms with Crippen molar-refractivity contribution in [3.8, 4) is 11.5 Å². The van der Waals surface area contributed by atoms with Gasteiger partial charge in [-0.3, -0.25) is 9.59 Å². The molecule has 1 fully saturated rings. The maximum Gasteiger partial charge on any atom is 0.258 e. The van der Waals surface area contributed by atoms with Gasteiger partial charge in [0.2, 0.25) is 5.91 Å². The number of amides is 2.